The molecular formula is C11H8NaO2. The zero-order chi connectivity index (χ0) is 9.26. The van der Waals surface area contributed by atoms with Gasteiger partial charge >= 0.3 is 0 Å². The molecule has 0 aliphatic heterocycles. The molecule has 2 rings (SSSR count). The number of hydrogen-bond donors (Lipinski definition) is 0. The number of rotatable bonds is 1. The van der Waals surface area contributed by atoms with Gasteiger partial charge in [0.25, 0.3) is 0 Å². The zero-order valence-electron chi connectivity index (χ0n) is 7.94. The van der Waals surface area contributed by atoms with Crippen molar-refractivity contribution >= 4 is 47.7 Å². The van der Waals surface area contributed by atoms with Gasteiger partial charge in [0.15, 0.2) is 5.78 Å². The molecule has 0 saturated carbocycles. The monoisotopic (exact) mass is 195 g/mol. The van der Waals surface area contributed by atoms with Crippen molar-refractivity contribution in [2.24, 2.45) is 5.92 Å². The number of benzene rings is 1. The van der Waals surface area contributed by atoms with E-state index in [1.165, 1.54) is 0 Å². The van der Waals surface area contributed by atoms with E-state index in [4.69, 9.17) is 0 Å². The minimum Gasteiger partial charge on any atom is -0.302 e. The summed E-state index contributed by atoms with van der Waals surface area (Å²) in [6, 6.07) is 7.29. The van der Waals surface area contributed by atoms with Gasteiger partial charge in [0.2, 0.25) is 0 Å². The van der Waals surface area contributed by atoms with Crippen molar-refractivity contribution in [3.05, 3.63) is 41.5 Å². The first-order chi connectivity index (χ1) is 6.33. The molecule has 0 aromatic heterocycles. The summed E-state index contributed by atoms with van der Waals surface area (Å²) in [5.41, 5.74) is 1.53. The average molecular weight is 195 g/mol. The van der Waals surface area contributed by atoms with E-state index in [0.29, 0.717) is 11.8 Å². The van der Waals surface area contributed by atoms with E-state index in [9.17, 15) is 9.59 Å². The van der Waals surface area contributed by atoms with Crippen LogP contribution in [0.25, 0.3) is 6.08 Å². The quantitative estimate of drug-likeness (QED) is 0.385. The van der Waals surface area contributed by atoms with Crippen LogP contribution in [0.5, 0.6) is 0 Å². The second-order valence-electron chi connectivity index (χ2n) is 2.97. The first-order valence-corrected chi connectivity index (χ1v) is 4.09. The molecule has 0 bridgehead atoms. The van der Waals surface area contributed by atoms with E-state index >= 15 is 0 Å². The summed E-state index contributed by atoms with van der Waals surface area (Å²) in [7, 11) is 0. The number of ketones is 1. The van der Waals surface area contributed by atoms with Crippen molar-refractivity contribution in [3.8, 4) is 0 Å². The van der Waals surface area contributed by atoms with Crippen LogP contribution in [0.1, 0.15) is 15.9 Å². The summed E-state index contributed by atoms with van der Waals surface area (Å²) in [5.74, 6) is -0.692. The van der Waals surface area contributed by atoms with Crippen LogP contribution in [0.2, 0.25) is 0 Å². The summed E-state index contributed by atoms with van der Waals surface area (Å²) in [6.07, 6.45) is 4.13. The Labute approximate surface area is 104 Å². The van der Waals surface area contributed by atoms with E-state index in [2.05, 4.69) is 0 Å². The molecule has 0 heterocycles. The SMILES string of the molecule is O=CC1C=Cc2ccccc2C1=O.[Na]. The minimum absolute atomic E-state index is 0. The van der Waals surface area contributed by atoms with Gasteiger partial charge in [-0.3, -0.25) is 4.79 Å². The molecule has 1 aromatic carbocycles. The molecule has 14 heavy (non-hydrogen) atoms. The molecule has 3 heteroatoms. The fourth-order valence-corrected chi connectivity index (χ4v) is 1.45. The van der Waals surface area contributed by atoms with E-state index in [-0.39, 0.29) is 35.3 Å². The Balaban J connectivity index is 0.000000980. The summed E-state index contributed by atoms with van der Waals surface area (Å²) in [4.78, 5) is 22.1. The topological polar surface area (TPSA) is 34.1 Å². The number of Topliss-reactive ketones (excluding diaryl/α,β-unsaturated/α-hetero) is 1. The number of carbonyl (C=O) groups is 2. The molecule has 0 fully saturated rings. The molecule has 1 aromatic rings. The van der Waals surface area contributed by atoms with Crippen LogP contribution in [-0.2, 0) is 4.79 Å². The fraction of sp³-hybridized carbons (Fsp3) is 0.0909. The average Bonchev–Trinajstić information content (AvgIpc) is 2.19. The maximum Gasteiger partial charge on any atom is 0.177 e. The van der Waals surface area contributed by atoms with Gasteiger partial charge in [0, 0.05) is 35.1 Å². The zero-order valence-corrected chi connectivity index (χ0v) is 9.94. The Bertz CT molecular complexity index is 396. The third kappa shape index (κ3) is 1.87. The van der Waals surface area contributed by atoms with Crippen LogP contribution in [0.3, 0.4) is 0 Å². The molecule has 0 N–H and O–H groups in total. The molecule has 2 nitrogen and oxygen atoms in total. The second kappa shape index (κ2) is 4.69. The van der Waals surface area contributed by atoms with Gasteiger partial charge < -0.3 is 4.79 Å². The van der Waals surface area contributed by atoms with Crippen molar-refractivity contribution in [2.45, 2.75) is 0 Å². The predicted octanol–water partition coefficient (Wildman–Crippen LogP) is 1.33. The van der Waals surface area contributed by atoms with Crippen LogP contribution in [0.4, 0.5) is 0 Å². The molecule has 1 aliphatic carbocycles. The van der Waals surface area contributed by atoms with Crippen molar-refractivity contribution in [1.29, 1.82) is 0 Å². The molecule has 1 atom stereocenters. The van der Waals surface area contributed by atoms with Crippen LogP contribution in [0, 0.1) is 5.92 Å². The molecule has 1 aliphatic rings. The van der Waals surface area contributed by atoms with Gasteiger partial charge in [-0.1, -0.05) is 36.4 Å². The van der Waals surface area contributed by atoms with Gasteiger partial charge in [-0.25, -0.2) is 0 Å². The molecular weight excluding hydrogens is 187 g/mol. The number of allylic oxidation sites excluding steroid dienone is 1. The summed E-state index contributed by atoms with van der Waals surface area (Å²) in [6.45, 7) is 0. The molecule has 0 spiro atoms. The molecule has 65 valence electrons. The van der Waals surface area contributed by atoms with Crippen LogP contribution < -0.4 is 0 Å². The Morgan fingerprint density at radius 2 is 1.93 bits per heavy atom. The van der Waals surface area contributed by atoms with Crippen LogP contribution >= 0.6 is 0 Å². The maximum atomic E-state index is 11.6. The van der Waals surface area contributed by atoms with Crippen LogP contribution in [0.15, 0.2) is 30.3 Å². The Hall–Kier alpha value is -0.700. The molecule has 1 radical (unpaired) electrons. The number of fused-ring (bicyclic) bond motifs is 1. The van der Waals surface area contributed by atoms with E-state index in [1.807, 2.05) is 18.2 Å². The van der Waals surface area contributed by atoms with Crippen molar-refractivity contribution in [2.75, 3.05) is 0 Å². The summed E-state index contributed by atoms with van der Waals surface area (Å²) in [5, 5.41) is 0. The normalized spacial score (nSPS) is 18.3. The first kappa shape index (κ1) is 11.4. The fourth-order valence-electron chi connectivity index (χ4n) is 1.45. The van der Waals surface area contributed by atoms with Crippen LogP contribution in [-0.4, -0.2) is 41.6 Å². The third-order valence-electron chi connectivity index (χ3n) is 2.16. The second-order valence-corrected chi connectivity index (χ2v) is 2.97. The number of aldehydes is 1. The third-order valence-corrected chi connectivity index (χ3v) is 2.16. The Morgan fingerprint density at radius 3 is 2.64 bits per heavy atom. The molecule has 0 saturated heterocycles. The summed E-state index contributed by atoms with van der Waals surface area (Å²) < 4.78 is 0. The van der Waals surface area contributed by atoms with Crippen molar-refractivity contribution in [1.82, 2.24) is 0 Å². The summed E-state index contributed by atoms with van der Waals surface area (Å²) >= 11 is 0. The predicted molar refractivity (Wildman–Crippen MR) is 55.1 cm³/mol. The first-order valence-electron chi connectivity index (χ1n) is 4.09. The van der Waals surface area contributed by atoms with Gasteiger partial charge in [0.05, 0.1) is 5.92 Å². The van der Waals surface area contributed by atoms with Gasteiger partial charge in [-0.05, 0) is 5.56 Å². The number of hydrogen-bond acceptors (Lipinski definition) is 2. The van der Waals surface area contributed by atoms with Gasteiger partial charge in [0.1, 0.15) is 6.29 Å². The molecule has 1 unspecified atom stereocenters. The minimum atomic E-state index is -0.588. The Morgan fingerprint density at radius 1 is 1.21 bits per heavy atom. The number of carbonyl (C=O) groups excluding carboxylic acids is 2. The molecule has 0 amide bonds. The Kier molecular flexibility index (Phi) is 3.81. The van der Waals surface area contributed by atoms with Crippen molar-refractivity contribution in [3.63, 3.8) is 0 Å². The van der Waals surface area contributed by atoms with E-state index in [0.717, 1.165) is 5.56 Å². The van der Waals surface area contributed by atoms with Gasteiger partial charge in [-0.2, -0.15) is 0 Å². The smallest absolute Gasteiger partial charge is 0.177 e. The van der Waals surface area contributed by atoms with Crippen molar-refractivity contribution < 1.29 is 9.59 Å². The maximum absolute atomic E-state index is 11.6. The van der Waals surface area contributed by atoms with E-state index < -0.39 is 5.92 Å². The van der Waals surface area contributed by atoms with E-state index in [1.54, 1.807) is 18.2 Å². The standard InChI is InChI=1S/C11H8O2.Na/c12-7-9-6-5-8-3-1-2-4-10(8)11(9)13;/h1-7,9H;. The van der Waals surface area contributed by atoms with Gasteiger partial charge in [-0.15, -0.1) is 0 Å². The largest absolute Gasteiger partial charge is 0.302 e.